The second-order valence-electron chi connectivity index (χ2n) is 10.8. The smallest absolute Gasteiger partial charge is 0.134 e. The molecule has 2 aliphatic rings. The molecule has 174 valence electrons. The molecule has 0 radical (unpaired) electrons. The van der Waals surface area contributed by atoms with Gasteiger partial charge in [0.1, 0.15) is 5.82 Å². The maximum absolute atomic E-state index is 15.4. The van der Waals surface area contributed by atoms with Crippen molar-refractivity contribution in [1.29, 1.82) is 0 Å². The quantitative estimate of drug-likeness (QED) is 0.344. The summed E-state index contributed by atoms with van der Waals surface area (Å²) in [6.07, 6.45) is 20.3. The first-order valence-electron chi connectivity index (χ1n) is 13.5. The Morgan fingerprint density at radius 2 is 1.47 bits per heavy atom. The summed E-state index contributed by atoms with van der Waals surface area (Å²) in [6.45, 7) is 6.07. The van der Waals surface area contributed by atoms with Crippen LogP contribution in [0.2, 0.25) is 0 Å². The van der Waals surface area contributed by atoms with E-state index >= 15 is 4.39 Å². The number of halogens is 1. The number of benzene rings is 2. The minimum atomic E-state index is 0.0437. The zero-order valence-electron chi connectivity index (χ0n) is 20.3. The van der Waals surface area contributed by atoms with Crippen molar-refractivity contribution in [3.63, 3.8) is 0 Å². The maximum Gasteiger partial charge on any atom is 0.134 e. The van der Waals surface area contributed by atoms with Crippen molar-refractivity contribution < 1.29 is 4.39 Å². The molecular formula is C31H43F. The average molecular weight is 435 g/mol. The molecule has 0 N–H and O–H groups in total. The van der Waals surface area contributed by atoms with Gasteiger partial charge in [0.15, 0.2) is 0 Å². The monoisotopic (exact) mass is 434 g/mol. The zero-order valence-corrected chi connectivity index (χ0v) is 20.3. The molecule has 2 aromatic carbocycles. The Hall–Kier alpha value is -1.63. The van der Waals surface area contributed by atoms with Crippen LogP contribution >= 0.6 is 0 Å². The van der Waals surface area contributed by atoms with Crippen molar-refractivity contribution in [2.45, 2.75) is 103 Å². The molecule has 2 aromatic rings. The van der Waals surface area contributed by atoms with E-state index in [-0.39, 0.29) is 5.82 Å². The van der Waals surface area contributed by atoms with Crippen LogP contribution in [0.3, 0.4) is 0 Å². The van der Waals surface area contributed by atoms with E-state index in [1.54, 1.807) is 0 Å². The standard InChI is InChI=1S/C31H43F/c1-3-5-7-23-8-10-24(11-9-23)12-13-25-14-17-27(18-15-25)29-21-19-28-22-26(6-4-2)16-20-30(28)31(29)32/h3,16,19-25,27H,1,4-15,17-18H2,2H3. The molecule has 0 aromatic heterocycles. The highest BCUT2D eigenvalue weighted by molar-refractivity contribution is 5.84. The van der Waals surface area contributed by atoms with E-state index in [0.29, 0.717) is 5.92 Å². The molecule has 2 aliphatic carbocycles. The van der Waals surface area contributed by atoms with Gasteiger partial charge in [-0.2, -0.15) is 0 Å². The third-order valence-corrected chi connectivity index (χ3v) is 8.60. The molecule has 0 heterocycles. The summed E-state index contributed by atoms with van der Waals surface area (Å²) in [5, 5.41) is 1.87. The van der Waals surface area contributed by atoms with Gasteiger partial charge in [-0.3, -0.25) is 0 Å². The Bertz CT molecular complexity index is 865. The molecule has 32 heavy (non-hydrogen) atoms. The van der Waals surface area contributed by atoms with Gasteiger partial charge >= 0.3 is 0 Å². The summed E-state index contributed by atoms with van der Waals surface area (Å²) >= 11 is 0. The summed E-state index contributed by atoms with van der Waals surface area (Å²) in [5.74, 6) is 3.23. The fourth-order valence-electron chi connectivity index (χ4n) is 6.51. The molecule has 4 rings (SSSR count). The van der Waals surface area contributed by atoms with Gasteiger partial charge in [-0.15, -0.1) is 6.58 Å². The van der Waals surface area contributed by atoms with Crippen LogP contribution in [-0.2, 0) is 6.42 Å². The van der Waals surface area contributed by atoms with Crippen LogP contribution in [0.1, 0.15) is 107 Å². The van der Waals surface area contributed by atoms with Crippen LogP contribution in [0.4, 0.5) is 4.39 Å². The first-order valence-corrected chi connectivity index (χ1v) is 13.5. The van der Waals surface area contributed by atoms with Gasteiger partial charge in [-0.25, -0.2) is 4.39 Å². The van der Waals surface area contributed by atoms with Crippen molar-refractivity contribution in [2.75, 3.05) is 0 Å². The third kappa shape index (κ3) is 5.83. The summed E-state index contributed by atoms with van der Waals surface area (Å²) in [4.78, 5) is 0. The van der Waals surface area contributed by atoms with Crippen LogP contribution in [0.5, 0.6) is 0 Å². The minimum Gasteiger partial charge on any atom is -0.206 e. The van der Waals surface area contributed by atoms with Crippen LogP contribution in [-0.4, -0.2) is 0 Å². The van der Waals surface area contributed by atoms with E-state index in [1.807, 2.05) is 6.07 Å². The summed E-state index contributed by atoms with van der Waals surface area (Å²) in [6, 6.07) is 10.5. The summed E-state index contributed by atoms with van der Waals surface area (Å²) in [7, 11) is 0. The average Bonchev–Trinajstić information content (AvgIpc) is 2.83. The van der Waals surface area contributed by atoms with Gasteiger partial charge in [0.2, 0.25) is 0 Å². The highest BCUT2D eigenvalue weighted by Crippen LogP contribution is 2.41. The van der Waals surface area contributed by atoms with E-state index in [2.05, 4.69) is 43.8 Å². The lowest BCUT2D eigenvalue weighted by Crippen LogP contribution is -2.18. The highest BCUT2D eigenvalue weighted by Gasteiger charge is 2.27. The predicted octanol–water partition coefficient (Wildman–Crippen LogP) is 9.76. The Labute approximate surface area is 195 Å². The first-order chi connectivity index (χ1) is 15.7. The molecule has 0 unspecified atom stereocenters. The SMILES string of the molecule is C=CCCC1CCC(CCC2CCC(c3ccc4cc(CCC)ccc4c3F)CC2)CC1. The molecule has 2 fully saturated rings. The van der Waals surface area contributed by atoms with Gasteiger partial charge in [-0.05, 0) is 85.1 Å². The molecule has 0 spiro atoms. The number of fused-ring (bicyclic) bond motifs is 1. The first kappa shape index (κ1) is 23.5. The van der Waals surface area contributed by atoms with Gasteiger partial charge in [0, 0.05) is 5.39 Å². The minimum absolute atomic E-state index is 0.0437. The molecule has 0 saturated heterocycles. The fraction of sp³-hybridized carbons (Fsp3) is 0.613. The van der Waals surface area contributed by atoms with Crippen molar-refractivity contribution >= 4 is 10.8 Å². The molecule has 0 nitrogen and oxygen atoms in total. The molecule has 0 amide bonds. The Morgan fingerprint density at radius 3 is 2.09 bits per heavy atom. The molecular weight excluding hydrogens is 391 g/mol. The van der Waals surface area contributed by atoms with Crippen molar-refractivity contribution in [3.8, 4) is 0 Å². The lowest BCUT2D eigenvalue weighted by Gasteiger charge is -2.32. The number of aryl methyl sites for hydroxylation is 1. The molecule has 1 heteroatoms. The molecule has 2 saturated carbocycles. The second kappa shape index (κ2) is 11.5. The lowest BCUT2D eigenvalue weighted by molar-refractivity contribution is 0.225. The predicted molar refractivity (Wildman–Crippen MR) is 137 cm³/mol. The molecule has 0 atom stereocenters. The fourth-order valence-corrected chi connectivity index (χ4v) is 6.51. The van der Waals surface area contributed by atoms with E-state index in [0.717, 1.165) is 59.8 Å². The summed E-state index contributed by atoms with van der Waals surface area (Å²) < 4.78 is 15.4. The molecule has 0 bridgehead atoms. The van der Waals surface area contributed by atoms with Crippen molar-refractivity contribution in [1.82, 2.24) is 0 Å². The van der Waals surface area contributed by atoms with E-state index in [4.69, 9.17) is 0 Å². The normalized spacial score (nSPS) is 26.3. The van der Waals surface area contributed by atoms with Gasteiger partial charge in [0.05, 0.1) is 0 Å². The van der Waals surface area contributed by atoms with Crippen LogP contribution in [0, 0.1) is 23.6 Å². The Kier molecular flexibility index (Phi) is 8.44. The Balaban J connectivity index is 1.26. The van der Waals surface area contributed by atoms with Crippen molar-refractivity contribution in [3.05, 3.63) is 59.9 Å². The van der Waals surface area contributed by atoms with Crippen LogP contribution < -0.4 is 0 Å². The number of hydrogen-bond acceptors (Lipinski definition) is 0. The second-order valence-corrected chi connectivity index (χ2v) is 10.8. The highest BCUT2D eigenvalue weighted by atomic mass is 19.1. The lowest BCUT2D eigenvalue weighted by atomic mass is 9.73. The molecule has 0 aliphatic heterocycles. The maximum atomic E-state index is 15.4. The number of allylic oxidation sites excluding steroid dienone is 1. The number of hydrogen-bond donors (Lipinski definition) is 0. The third-order valence-electron chi connectivity index (χ3n) is 8.60. The van der Waals surface area contributed by atoms with E-state index < -0.39 is 0 Å². The van der Waals surface area contributed by atoms with E-state index in [9.17, 15) is 0 Å². The largest absolute Gasteiger partial charge is 0.206 e. The summed E-state index contributed by atoms with van der Waals surface area (Å²) in [5.41, 5.74) is 2.29. The van der Waals surface area contributed by atoms with Gasteiger partial charge in [-0.1, -0.05) is 88.3 Å². The van der Waals surface area contributed by atoms with Crippen LogP contribution in [0.25, 0.3) is 10.8 Å². The van der Waals surface area contributed by atoms with Gasteiger partial charge in [0.25, 0.3) is 0 Å². The van der Waals surface area contributed by atoms with Crippen molar-refractivity contribution in [2.24, 2.45) is 17.8 Å². The number of rotatable bonds is 9. The van der Waals surface area contributed by atoms with Gasteiger partial charge < -0.3 is 0 Å². The Morgan fingerprint density at radius 1 is 0.844 bits per heavy atom. The topological polar surface area (TPSA) is 0 Å². The zero-order chi connectivity index (χ0) is 22.3. The van der Waals surface area contributed by atoms with Crippen LogP contribution in [0.15, 0.2) is 43.0 Å². The van der Waals surface area contributed by atoms with E-state index in [1.165, 1.54) is 69.8 Å².